The van der Waals surface area contributed by atoms with Crippen molar-refractivity contribution in [3.8, 4) is 0 Å². The predicted octanol–water partition coefficient (Wildman–Crippen LogP) is 3.42. The summed E-state index contributed by atoms with van der Waals surface area (Å²) in [5.41, 5.74) is 3.03. The molecule has 1 unspecified atom stereocenters. The number of allylic oxidation sites excluding steroid dienone is 4. The lowest BCUT2D eigenvalue weighted by Crippen LogP contribution is -2.16. The second-order valence-electron chi connectivity index (χ2n) is 4.76. The Morgan fingerprint density at radius 2 is 2.00 bits per heavy atom. The zero-order chi connectivity index (χ0) is 13.4. The van der Waals surface area contributed by atoms with Gasteiger partial charge in [-0.3, -0.25) is 0 Å². The molecule has 2 heterocycles. The van der Waals surface area contributed by atoms with Gasteiger partial charge in [0, 0.05) is 10.9 Å². The topological polar surface area (TPSA) is 35.0 Å². The van der Waals surface area contributed by atoms with Gasteiger partial charge in [0.1, 0.15) is 11.9 Å². The summed E-state index contributed by atoms with van der Waals surface area (Å²) in [7, 11) is 0. The van der Waals surface area contributed by atoms with Crippen LogP contribution in [0.3, 0.4) is 0 Å². The summed E-state index contributed by atoms with van der Waals surface area (Å²) in [6.45, 7) is 0. The van der Waals surface area contributed by atoms with E-state index in [0.29, 0.717) is 0 Å². The van der Waals surface area contributed by atoms with E-state index in [-0.39, 0.29) is 6.10 Å². The molecule has 0 N–H and O–H groups in total. The van der Waals surface area contributed by atoms with Crippen molar-refractivity contribution in [1.29, 1.82) is 0 Å². The molecule has 1 aromatic heterocycles. The van der Waals surface area contributed by atoms with Gasteiger partial charge in [-0.15, -0.1) is 0 Å². The zero-order valence-electron chi connectivity index (χ0n) is 10.7. The third-order valence-electron chi connectivity index (χ3n) is 3.51. The van der Waals surface area contributed by atoms with Gasteiger partial charge in [0.2, 0.25) is 0 Å². The van der Waals surface area contributed by atoms with Crippen LogP contribution in [0.1, 0.15) is 5.56 Å². The average molecular weight is 260 g/mol. The van der Waals surface area contributed by atoms with Crippen molar-refractivity contribution in [2.24, 2.45) is 0 Å². The molecule has 0 spiro atoms. The minimum atomic E-state index is -0.00747. The number of hydrogen-bond donors (Lipinski definition) is 0. The molecule has 0 bridgehead atoms. The summed E-state index contributed by atoms with van der Waals surface area (Å²) < 4.78 is 6.07. The van der Waals surface area contributed by atoms with E-state index in [1.807, 2.05) is 42.5 Å². The molecule has 1 aliphatic carbocycles. The maximum absolute atomic E-state index is 6.07. The molecule has 20 heavy (non-hydrogen) atoms. The number of nitrogens with zero attached hydrogens (tertiary/aromatic N) is 2. The van der Waals surface area contributed by atoms with Gasteiger partial charge < -0.3 is 4.74 Å². The van der Waals surface area contributed by atoms with Gasteiger partial charge in [-0.25, -0.2) is 0 Å². The third-order valence-corrected chi connectivity index (χ3v) is 3.51. The van der Waals surface area contributed by atoms with Crippen LogP contribution in [0.2, 0.25) is 0 Å². The lowest BCUT2D eigenvalue weighted by atomic mass is 10.00. The second kappa shape index (κ2) is 4.46. The van der Waals surface area contributed by atoms with Gasteiger partial charge in [-0.1, -0.05) is 42.5 Å². The predicted molar refractivity (Wildman–Crippen MR) is 78.8 cm³/mol. The Labute approximate surface area is 116 Å². The molecule has 0 saturated heterocycles. The number of benzene rings is 1. The lowest BCUT2D eigenvalue weighted by Gasteiger charge is -2.24. The number of rotatable bonds is 1. The maximum atomic E-state index is 6.07. The quantitative estimate of drug-likeness (QED) is 0.788. The highest BCUT2D eigenvalue weighted by atomic mass is 16.5. The van der Waals surface area contributed by atoms with Gasteiger partial charge in [0.05, 0.1) is 11.7 Å². The highest BCUT2D eigenvalue weighted by molar-refractivity contribution is 5.89. The van der Waals surface area contributed by atoms with E-state index < -0.39 is 0 Å². The van der Waals surface area contributed by atoms with Crippen molar-refractivity contribution < 1.29 is 4.74 Å². The Morgan fingerprint density at radius 3 is 3.00 bits per heavy atom. The number of hydrogen-bond acceptors (Lipinski definition) is 3. The van der Waals surface area contributed by atoms with Crippen LogP contribution in [0.15, 0.2) is 72.5 Å². The van der Waals surface area contributed by atoms with E-state index in [0.717, 1.165) is 22.2 Å². The van der Waals surface area contributed by atoms with Crippen molar-refractivity contribution >= 4 is 16.7 Å². The molecule has 2 aromatic rings. The van der Waals surface area contributed by atoms with Crippen molar-refractivity contribution in [3.63, 3.8) is 0 Å². The van der Waals surface area contributed by atoms with Gasteiger partial charge in [0.15, 0.2) is 0 Å². The third kappa shape index (κ3) is 1.75. The van der Waals surface area contributed by atoms with Crippen LogP contribution in [-0.2, 0) is 4.74 Å². The molecular formula is C17H12N2O. The van der Waals surface area contributed by atoms with Crippen LogP contribution in [0, 0.1) is 0 Å². The first-order valence-corrected chi connectivity index (χ1v) is 6.56. The normalized spacial score (nSPS) is 20.1. The van der Waals surface area contributed by atoms with E-state index in [4.69, 9.17) is 4.74 Å². The largest absolute Gasteiger partial charge is 0.481 e. The molecule has 0 fully saturated rings. The fourth-order valence-electron chi connectivity index (χ4n) is 2.50. The Kier molecular flexibility index (Phi) is 2.49. The molecule has 0 saturated carbocycles. The van der Waals surface area contributed by atoms with Crippen LogP contribution < -0.4 is 0 Å². The summed E-state index contributed by atoms with van der Waals surface area (Å²) in [5.74, 6) is 0.838. The number of fused-ring (bicyclic) bond motifs is 2. The summed E-state index contributed by atoms with van der Waals surface area (Å²) >= 11 is 0. The molecule has 1 aliphatic heterocycles. The molecule has 3 heteroatoms. The molecular weight excluding hydrogens is 248 g/mol. The first kappa shape index (κ1) is 11.2. The molecule has 96 valence electrons. The first-order chi connectivity index (χ1) is 9.92. The van der Waals surface area contributed by atoms with Gasteiger partial charge in [0.25, 0.3) is 0 Å². The minimum Gasteiger partial charge on any atom is -0.481 e. The molecule has 0 amide bonds. The van der Waals surface area contributed by atoms with Crippen molar-refractivity contribution in [1.82, 2.24) is 10.2 Å². The van der Waals surface area contributed by atoms with Crippen LogP contribution >= 0.6 is 0 Å². The maximum Gasteiger partial charge on any atom is 0.142 e. The molecule has 1 aromatic carbocycles. The highest BCUT2D eigenvalue weighted by Crippen LogP contribution is 2.31. The lowest BCUT2D eigenvalue weighted by molar-refractivity contribution is 0.243. The minimum absolute atomic E-state index is 0.00747. The molecule has 1 atom stereocenters. The smallest absolute Gasteiger partial charge is 0.142 e. The van der Waals surface area contributed by atoms with E-state index >= 15 is 0 Å². The molecule has 3 nitrogen and oxygen atoms in total. The average Bonchev–Trinajstić information content (AvgIpc) is 2.54. The molecule has 4 rings (SSSR count). The first-order valence-electron chi connectivity index (χ1n) is 6.56. The molecule has 0 radical (unpaired) electrons. The molecule has 2 aliphatic rings. The van der Waals surface area contributed by atoms with E-state index in [2.05, 4.69) is 28.4 Å². The van der Waals surface area contributed by atoms with Crippen molar-refractivity contribution in [2.45, 2.75) is 6.10 Å². The van der Waals surface area contributed by atoms with E-state index in [9.17, 15) is 0 Å². The standard InChI is InChI=1S/C17H12N2O/c1-4-8-16-12(5-1)9-10-17(20-16)14-11-18-19-15-7-3-2-6-13(14)15/h1-11,16H. The summed E-state index contributed by atoms with van der Waals surface area (Å²) in [6, 6.07) is 7.96. The summed E-state index contributed by atoms with van der Waals surface area (Å²) in [5, 5.41) is 9.27. The van der Waals surface area contributed by atoms with Gasteiger partial charge in [-0.05, 0) is 23.8 Å². The van der Waals surface area contributed by atoms with E-state index in [1.165, 1.54) is 5.57 Å². The van der Waals surface area contributed by atoms with Crippen molar-refractivity contribution in [2.75, 3.05) is 0 Å². The Hall–Kier alpha value is -2.68. The number of ether oxygens (including phenoxy) is 1. The van der Waals surface area contributed by atoms with Crippen molar-refractivity contribution in [3.05, 3.63) is 78.1 Å². The monoisotopic (exact) mass is 260 g/mol. The van der Waals surface area contributed by atoms with Crippen LogP contribution in [0.25, 0.3) is 16.7 Å². The Balaban J connectivity index is 1.84. The van der Waals surface area contributed by atoms with Crippen LogP contribution in [0.5, 0.6) is 0 Å². The summed E-state index contributed by atoms with van der Waals surface area (Å²) in [6.07, 6.45) is 14.0. The highest BCUT2D eigenvalue weighted by Gasteiger charge is 2.20. The zero-order valence-corrected chi connectivity index (χ0v) is 10.7. The fraction of sp³-hybridized carbons (Fsp3) is 0.0588. The second-order valence-corrected chi connectivity index (χ2v) is 4.76. The fourth-order valence-corrected chi connectivity index (χ4v) is 2.50. The van der Waals surface area contributed by atoms with Gasteiger partial charge in [-0.2, -0.15) is 10.2 Å². The Bertz CT molecular complexity index is 794. The SMILES string of the molecule is C1=CC2=CC=C(c3cnnc4ccccc34)OC2C=C1. The van der Waals surface area contributed by atoms with E-state index in [1.54, 1.807) is 6.20 Å². The Morgan fingerprint density at radius 1 is 1.05 bits per heavy atom. The van der Waals surface area contributed by atoms with Crippen LogP contribution in [-0.4, -0.2) is 16.3 Å². The number of aromatic nitrogens is 2. The van der Waals surface area contributed by atoms with Crippen LogP contribution in [0.4, 0.5) is 0 Å². The summed E-state index contributed by atoms with van der Waals surface area (Å²) in [4.78, 5) is 0. The van der Waals surface area contributed by atoms with Gasteiger partial charge >= 0.3 is 0 Å².